The predicted octanol–water partition coefficient (Wildman–Crippen LogP) is 5.91. The van der Waals surface area contributed by atoms with Crippen LogP contribution in [0.3, 0.4) is 0 Å². The molecule has 1 N–H and O–H groups in total. The summed E-state index contributed by atoms with van der Waals surface area (Å²) in [6, 6.07) is 26.3. The van der Waals surface area contributed by atoms with Gasteiger partial charge in [-0.15, -0.1) is 22.0 Å². The molecule has 1 heterocycles. The Balaban J connectivity index is 1.49. The van der Waals surface area contributed by atoms with Crippen molar-refractivity contribution in [3.05, 3.63) is 95.8 Å². The number of para-hydroxylation sites is 1. The third-order valence-electron chi connectivity index (χ3n) is 4.81. The summed E-state index contributed by atoms with van der Waals surface area (Å²) >= 11 is 3.10. The molecule has 4 rings (SSSR count). The maximum absolute atomic E-state index is 12.6. The first-order chi connectivity index (χ1) is 15.6. The Kier molecular flexibility index (Phi) is 7.29. The van der Waals surface area contributed by atoms with Crippen LogP contribution < -0.4 is 5.32 Å². The molecular weight excluding hydrogens is 436 g/mol. The molecule has 1 amide bonds. The number of amides is 1. The quantitative estimate of drug-likeness (QED) is 0.331. The molecule has 0 spiro atoms. The summed E-state index contributed by atoms with van der Waals surface area (Å²) in [5.74, 6) is 1.72. The first-order valence-corrected chi connectivity index (χ1v) is 12.2. The minimum Gasteiger partial charge on any atom is -0.325 e. The number of anilines is 1. The monoisotopic (exact) mass is 460 g/mol. The molecule has 7 heteroatoms. The zero-order valence-corrected chi connectivity index (χ0v) is 19.6. The van der Waals surface area contributed by atoms with Gasteiger partial charge in [-0.2, -0.15) is 0 Å². The highest BCUT2D eigenvalue weighted by Crippen LogP contribution is 2.27. The minimum atomic E-state index is -0.0650. The molecule has 0 saturated heterocycles. The number of nitrogens with zero attached hydrogens (tertiary/aromatic N) is 3. The number of rotatable bonds is 8. The van der Waals surface area contributed by atoms with Crippen LogP contribution in [-0.2, 0) is 10.5 Å². The fraction of sp³-hybridized carbons (Fsp3) is 0.160. The molecule has 0 aliphatic heterocycles. The molecule has 0 fully saturated rings. The van der Waals surface area contributed by atoms with Gasteiger partial charge >= 0.3 is 0 Å². The molecule has 0 unspecified atom stereocenters. The first kappa shape index (κ1) is 22.2. The van der Waals surface area contributed by atoms with Crippen LogP contribution in [0.4, 0.5) is 5.69 Å². The summed E-state index contributed by atoms with van der Waals surface area (Å²) in [6.07, 6.45) is 0. The van der Waals surface area contributed by atoms with Crippen LogP contribution in [0.15, 0.2) is 88.9 Å². The molecule has 0 aliphatic rings. The number of carbonyl (C=O) groups excluding carboxylic acids is 1. The van der Waals surface area contributed by atoms with Crippen LogP contribution in [0.1, 0.15) is 17.0 Å². The lowest BCUT2D eigenvalue weighted by atomic mass is 10.1. The molecular formula is C25H24N4OS2. The van der Waals surface area contributed by atoms with Gasteiger partial charge in [-0.1, -0.05) is 65.9 Å². The van der Waals surface area contributed by atoms with Gasteiger partial charge in [0.15, 0.2) is 5.16 Å². The molecule has 0 radical (unpaired) electrons. The molecule has 0 aliphatic carbocycles. The lowest BCUT2D eigenvalue weighted by Crippen LogP contribution is -2.15. The largest absolute Gasteiger partial charge is 0.325 e. The summed E-state index contributed by atoms with van der Waals surface area (Å²) in [5, 5.41) is 12.5. The smallest absolute Gasteiger partial charge is 0.234 e. The number of benzene rings is 3. The summed E-state index contributed by atoms with van der Waals surface area (Å²) in [5.41, 5.74) is 4.05. The van der Waals surface area contributed by atoms with Gasteiger partial charge in [0.05, 0.1) is 11.5 Å². The molecule has 162 valence electrons. The highest BCUT2D eigenvalue weighted by atomic mass is 32.2. The van der Waals surface area contributed by atoms with E-state index in [1.54, 1.807) is 11.8 Å². The Morgan fingerprint density at radius 3 is 2.34 bits per heavy atom. The van der Waals surface area contributed by atoms with Crippen LogP contribution in [0.5, 0.6) is 0 Å². The van der Waals surface area contributed by atoms with Gasteiger partial charge in [-0.3, -0.25) is 9.36 Å². The zero-order chi connectivity index (χ0) is 22.3. The van der Waals surface area contributed by atoms with Crippen LogP contribution in [0.25, 0.3) is 5.69 Å². The fourth-order valence-corrected chi connectivity index (χ4v) is 4.86. The lowest BCUT2D eigenvalue weighted by molar-refractivity contribution is -0.113. The average Bonchev–Trinajstić information content (AvgIpc) is 3.22. The Labute approximate surface area is 196 Å². The van der Waals surface area contributed by atoms with Gasteiger partial charge in [0.1, 0.15) is 5.82 Å². The number of thioether (sulfide) groups is 2. The van der Waals surface area contributed by atoms with E-state index in [4.69, 9.17) is 0 Å². The molecule has 1 aromatic heterocycles. The summed E-state index contributed by atoms with van der Waals surface area (Å²) in [6.45, 7) is 4.04. The standard InChI is InChI=1S/C25H24N4OS2/c1-18-13-14-22(19(2)15-18)26-24(30)17-32-25-28-27-23(16-31-21-11-7-4-8-12-21)29(25)20-9-5-3-6-10-20/h3-15H,16-17H2,1-2H3,(H,26,30). The van der Waals surface area contributed by atoms with E-state index >= 15 is 0 Å². The van der Waals surface area contributed by atoms with Gasteiger partial charge in [0.2, 0.25) is 5.91 Å². The summed E-state index contributed by atoms with van der Waals surface area (Å²) in [7, 11) is 0. The van der Waals surface area contributed by atoms with Crippen LogP contribution in [0, 0.1) is 13.8 Å². The van der Waals surface area contributed by atoms with E-state index in [0.717, 1.165) is 22.8 Å². The Morgan fingerprint density at radius 1 is 0.906 bits per heavy atom. The van der Waals surface area contributed by atoms with Crippen molar-refractivity contribution in [1.82, 2.24) is 14.8 Å². The van der Waals surface area contributed by atoms with Crippen molar-refractivity contribution in [3.8, 4) is 5.69 Å². The number of aryl methyl sites for hydroxylation is 2. The van der Waals surface area contributed by atoms with Crippen molar-refractivity contribution in [2.45, 2.75) is 29.7 Å². The number of hydrogen-bond donors (Lipinski definition) is 1. The molecule has 4 aromatic rings. The molecule has 5 nitrogen and oxygen atoms in total. The number of nitrogens with one attached hydrogen (secondary N) is 1. The van der Waals surface area contributed by atoms with E-state index in [1.165, 1.54) is 22.2 Å². The third-order valence-corrected chi connectivity index (χ3v) is 6.75. The van der Waals surface area contributed by atoms with E-state index < -0.39 is 0 Å². The Hall–Kier alpha value is -3.03. The number of carbonyl (C=O) groups is 1. The maximum atomic E-state index is 12.6. The highest BCUT2D eigenvalue weighted by Gasteiger charge is 2.16. The van der Waals surface area contributed by atoms with E-state index in [9.17, 15) is 4.79 Å². The molecule has 0 saturated carbocycles. The lowest BCUT2D eigenvalue weighted by Gasteiger charge is -2.11. The van der Waals surface area contributed by atoms with Gasteiger partial charge in [-0.25, -0.2) is 0 Å². The van der Waals surface area contributed by atoms with E-state index in [-0.39, 0.29) is 11.7 Å². The zero-order valence-electron chi connectivity index (χ0n) is 18.0. The Bertz CT molecular complexity index is 1190. The first-order valence-electron chi connectivity index (χ1n) is 10.3. The van der Waals surface area contributed by atoms with Crippen molar-refractivity contribution in [1.29, 1.82) is 0 Å². The second-order valence-corrected chi connectivity index (χ2v) is 9.32. The SMILES string of the molecule is Cc1ccc(NC(=O)CSc2nnc(CSc3ccccc3)n2-c2ccccc2)c(C)c1. The van der Waals surface area contributed by atoms with E-state index in [0.29, 0.717) is 10.9 Å². The second kappa shape index (κ2) is 10.5. The van der Waals surface area contributed by atoms with Crippen molar-refractivity contribution in [2.75, 3.05) is 11.1 Å². The fourth-order valence-electron chi connectivity index (χ4n) is 3.26. The third kappa shape index (κ3) is 5.60. The second-order valence-electron chi connectivity index (χ2n) is 7.33. The van der Waals surface area contributed by atoms with Gasteiger partial charge in [-0.05, 0) is 49.7 Å². The van der Waals surface area contributed by atoms with Crippen LogP contribution in [0.2, 0.25) is 0 Å². The average molecular weight is 461 g/mol. The van der Waals surface area contributed by atoms with Crippen molar-refractivity contribution in [2.24, 2.45) is 0 Å². The van der Waals surface area contributed by atoms with Crippen molar-refractivity contribution in [3.63, 3.8) is 0 Å². The molecule has 0 atom stereocenters. The van der Waals surface area contributed by atoms with E-state index in [2.05, 4.69) is 33.7 Å². The predicted molar refractivity (Wildman–Crippen MR) is 133 cm³/mol. The minimum absolute atomic E-state index is 0.0650. The van der Waals surface area contributed by atoms with Crippen LogP contribution >= 0.6 is 23.5 Å². The van der Waals surface area contributed by atoms with Crippen molar-refractivity contribution < 1.29 is 4.79 Å². The number of aromatic nitrogens is 3. The molecule has 3 aromatic carbocycles. The highest BCUT2D eigenvalue weighted by molar-refractivity contribution is 7.99. The number of hydrogen-bond acceptors (Lipinski definition) is 5. The topological polar surface area (TPSA) is 59.8 Å². The normalized spacial score (nSPS) is 10.8. The van der Waals surface area contributed by atoms with Gasteiger partial charge in [0, 0.05) is 16.3 Å². The van der Waals surface area contributed by atoms with E-state index in [1.807, 2.05) is 79.1 Å². The maximum Gasteiger partial charge on any atom is 0.234 e. The summed E-state index contributed by atoms with van der Waals surface area (Å²) in [4.78, 5) is 13.8. The molecule has 32 heavy (non-hydrogen) atoms. The van der Waals surface area contributed by atoms with Crippen LogP contribution in [-0.4, -0.2) is 26.4 Å². The Morgan fingerprint density at radius 2 is 1.62 bits per heavy atom. The summed E-state index contributed by atoms with van der Waals surface area (Å²) < 4.78 is 2.03. The van der Waals surface area contributed by atoms with Gasteiger partial charge < -0.3 is 5.32 Å². The van der Waals surface area contributed by atoms with Crippen molar-refractivity contribution >= 4 is 35.1 Å². The molecule has 0 bridgehead atoms. The van der Waals surface area contributed by atoms with Gasteiger partial charge in [0.25, 0.3) is 0 Å².